The topological polar surface area (TPSA) is 10.4 Å². The van der Waals surface area contributed by atoms with Gasteiger partial charge in [-0.1, -0.05) is 40.2 Å². The monoisotopic (exact) mass is 639 g/mol. The van der Waals surface area contributed by atoms with Gasteiger partial charge < -0.3 is 33.8 Å². The van der Waals surface area contributed by atoms with Crippen molar-refractivity contribution in [2.75, 3.05) is 38.0 Å². The second-order valence-corrected chi connectivity index (χ2v) is 9.80. The largest absolute Gasteiger partial charge is 1.00 e. The highest BCUT2D eigenvalue weighted by Crippen LogP contribution is 2.28. The Hall–Kier alpha value is -2.64. The Bertz CT molecular complexity index is 1290. The molecule has 0 amide bonds. The highest BCUT2D eigenvalue weighted by atomic mass is 127. The fraction of sp³-hybridized carbons (Fsp3) is 0.167. The van der Waals surface area contributed by atoms with Gasteiger partial charge in [-0.3, -0.25) is 0 Å². The van der Waals surface area contributed by atoms with Gasteiger partial charge in [-0.15, -0.1) is 0 Å². The van der Waals surface area contributed by atoms with Crippen molar-refractivity contribution < 1.29 is 28.5 Å². The zero-order valence-corrected chi connectivity index (χ0v) is 24.6. The van der Waals surface area contributed by atoms with Gasteiger partial charge in [0.1, 0.15) is 7.05 Å². The molecule has 0 unspecified atom stereocenters. The third kappa shape index (κ3) is 6.53. The molecule has 0 bridgehead atoms. The van der Waals surface area contributed by atoms with Crippen LogP contribution in [0.2, 0.25) is 0 Å². The lowest BCUT2D eigenvalue weighted by atomic mass is 10.0. The first kappa shape index (κ1) is 27.0. The minimum absolute atomic E-state index is 0. The van der Waals surface area contributed by atoms with Crippen LogP contribution in [0.5, 0.6) is 0 Å². The number of rotatable bonds is 6. The molecule has 0 radical (unpaired) electrons. The fourth-order valence-corrected chi connectivity index (χ4v) is 4.19. The molecule has 0 N–H and O–H groups in total. The molecule has 1 aromatic heterocycles. The molecule has 0 atom stereocenters. The number of pyridine rings is 1. The van der Waals surface area contributed by atoms with E-state index in [0.717, 1.165) is 10.2 Å². The Labute approximate surface area is 234 Å². The summed E-state index contributed by atoms with van der Waals surface area (Å²) in [5.74, 6) is 0. The molecule has 35 heavy (non-hydrogen) atoms. The van der Waals surface area contributed by atoms with Crippen LogP contribution in [0, 0.1) is 0 Å². The van der Waals surface area contributed by atoms with Gasteiger partial charge in [0.05, 0.1) is 0 Å². The van der Waals surface area contributed by atoms with Crippen molar-refractivity contribution in [2.45, 2.75) is 0 Å². The summed E-state index contributed by atoms with van der Waals surface area (Å²) in [6.45, 7) is 0. The maximum absolute atomic E-state index is 3.56. The quantitative estimate of drug-likeness (QED) is 0.234. The van der Waals surface area contributed by atoms with Crippen LogP contribution in [0.25, 0.3) is 34.5 Å². The predicted octanol–water partition coefficient (Wildman–Crippen LogP) is 3.91. The summed E-state index contributed by atoms with van der Waals surface area (Å²) in [4.78, 5) is 4.24. The molecule has 0 fully saturated rings. The van der Waals surface area contributed by atoms with E-state index in [-0.39, 0.29) is 24.0 Å². The molecular formula is C30H31BrIN3. The lowest BCUT2D eigenvalue weighted by Crippen LogP contribution is -3.00. The molecule has 4 aromatic rings. The molecule has 0 saturated heterocycles. The third-order valence-electron chi connectivity index (χ3n) is 6.06. The highest BCUT2D eigenvalue weighted by molar-refractivity contribution is 9.10. The van der Waals surface area contributed by atoms with Crippen LogP contribution in [0.4, 0.5) is 11.4 Å². The van der Waals surface area contributed by atoms with E-state index in [1.54, 1.807) is 0 Å². The Morgan fingerprint density at radius 3 is 1.69 bits per heavy atom. The first-order chi connectivity index (χ1) is 16.3. The summed E-state index contributed by atoms with van der Waals surface area (Å²) in [6.07, 6.45) is 4.38. The smallest absolute Gasteiger partial charge is 0.213 e. The molecule has 180 valence electrons. The van der Waals surface area contributed by atoms with E-state index in [0.29, 0.717) is 0 Å². The molecule has 3 aromatic carbocycles. The maximum atomic E-state index is 3.56. The SMILES string of the molecule is CN(C)c1ccc(C=Cc2cc(-c3ccc(N(C)C)cc3)cc(-c3ccc(Br)cc3)[n+]2C)cc1.[I-]. The number of benzene rings is 3. The van der Waals surface area contributed by atoms with Gasteiger partial charge in [-0.05, 0) is 71.3 Å². The van der Waals surface area contributed by atoms with Crippen molar-refractivity contribution >= 4 is 39.5 Å². The van der Waals surface area contributed by atoms with Crippen LogP contribution in [0.15, 0.2) is 89.4 Å². The predicted molar refractivity (Wildman–Crippen MR) is 150 cm³/mol. The summed E-state index contributed by atoms with van der Waals surface area (Å²) in [5.41, 5.74) is 9.47. The van der Waals surface area contributed by atoms with Gasteiger partial charge >= 0.3 is 0 Å². The lowest BCUT2D eigenvalue weighted by Gasteiger charge is -2.13. The Balaban J connectivity index is 0.00000342. The van der Waals surface area contributed by atoms with Crippen molar-refractivity contribution in [1.82, 2.24) is 0 Å². The fourth-order valence-electron chi connectivity index (χ4n) is 3.92. The number of halogens is 2. The average Bonchev–Trinajstić information content (AvgIpc) is 2.84. The number of hydrogen-bond acceptors (Lipinski definition) is 2. The van der Waals surface area contributed by atoms with Crippen molar-refractivity contribution in [1.29, 1.82) is 0 Å². The second kappa shape index (κ2) is 11.9. The molecule has 0 aliphatic heterocycles. The van der Waals surface area contributed by atoms with Crippen LogP contribution in [-0.2, 0) is 7.05 Å². The third-order valence-corrected chi connectivity index (χ3v) is 6.59. The lowest BCUT2D eigenvalue weighted by molar-refractivity contribution is -0.662. The first-order valence-electron chi connectivity index (χ1n) is 11.3. The van der Waals surface area contributed by atoms with Gasteiger partial charge in [-0.2, -0.15) is 4.57 Å². The molecule has 1 heterocycles. The normalized spacial score (nSPS) is 10.8. The van der Waals surface area contributed by atoms with Gasteiger partial charge in [0, 0.05) is 67.8 Å². The van der Waals surface area contributed by atoms with Gasteiger partial charge in [0.15, 0.2) is 0 Å². The highest BCUT2D eigenvalue weighted by Gasteiger charge is 2.17. The van der Waals surface area contributed by atoms with Crippen molar-refractivity contribution in [2.24, 2.45) is 7.05 Å². The first-order valence-corrected chi connectivity index (χ1v) is 12.1. The van der Waals surface area contributed by atoms with Gasteiger partial charge in [0.25, 0.3) is 0 Å². The minimum atomic E-state index is 0. The Morgan fingerprint density at radius 1 is 0.629 bits per heavy atom. The van der Waals surface area contributed by atoms with Crippen LogP contribution in [0.1, 0.15) is 11.3 Å². The molecule has 0 saturated carbocycles. The number of anilines is 2. The van der Waals surface area contributed by atoms with Crippen LogP contribution >= 0.6 is 15.9 Å². The molecule has 0 spiro atoms. The zero-order valence-electron chi connectivity index (χ0n) is 20.8. The average molecular weight is 640 g/mol. The van der Waals surface area contributed by atoms with E-state index in [4.69, 9.17) is 0 Å². The molecule has 5 heteroatoms. The number of nitrogens with zero attached hydrogens (tertiary/aromatic N) is 3. The molecule has 3 nitrogen and oxygen atoms in total. The number of hydrogen-bond donors (Lipinski definition) is 0. The van der Waals surface area contributed by atoms with Crippen molar-refractivity contribution in [3.8, 4) is 22.4 Å². The van der Waals surface area contributed by atoms with Crippen LogP contribution < -0.4 is 38.3 Å². The minimum Gasteiger partial charge on any atom is -1.00 e. The van der Waals surface area contributed by atoms with Gasteiger partial charge in [0.2, 0.25) is 11.4 Å². The van der Waals surface area contributed by atoms with E-state index < -0.39 is 0 Å². The zero-order chi connectivity index (χ0) is 24.2. The Kier molecular flexibility index (Phi) is 9.14. The van der Waals surface area contributed by atoms with E-state index in [1.165, 1.54) is 39.3 Å². The van der Waals surface area contributed by atoms with Crippen molar-refractivity contribution in [3.63, 3.8) is 0 Å². The standard InChI is InChI=1S/C30H31BrN3.HI/c1-32(2)27-15-6-22(7-16-27)8-17-29-20-25(23-11-18-28(19-12-23)33(3)4)21-30(34(29)5)24-9-13-26(31)14-10-24;/h6-21H,1-5H3;1H/q+1;/p-1. The summed E-state index contributed by atoms with van der Waals surface area (Å²) >= 11 is 3.56. The molecule has 0 aliphatic rings. The maximum Gasteiger partial charge on any atom is 0.213 e. The second-order valence-electron chi connectivity index (χ2n) is 8.88. The summed E-state index contributed by atoms with van der Waals surface area (Å²) in [6, 6.07) is 30.4. The molecule has 4 rings (SSSR count). The number of aromatic nitrogens is 1. The summed E-state index contributed by atoms with van der Waals surface area (Å²) in [7, 11) is 10.4. The Morgan fingerprint density at radius 2 is 1.14 bits per heavy atom. The summed E-state index contributed by atoms with van der Waals surface area (Å²) < 4.78 is 3.33. The van der Waals surface area contributed by atoms with Crippen LogP contribution in [-0.4, -0.2) is 28.2 Å². The van der Waals surface area contributed by atoms with E-state index in [2.05, 4.69) is 163 Å². The molecule has 0 aliphatic carbocycles. The van der Waals surface area contributed by atoms with Crippen LogP contribution in [0.3, 0.4) is 0 Å². The van der Waals surface area contributed by atoms with E-state index in [9.17, 15) is 0 Å². The van der Waals surface area contributed by atoms with Gasteiger partial charge in [-0.25, -0.2) is 0 Å². The molecular weight excluding hydrogens is 609 g/mol. The van der Waals surface area contributed by atoms with E-state index >= 15 is 0 Å². The van der Waals surface area contributed by atoms with E-state index in [1.807, 2.05) is 0 Å². The summed E-state index contributed by atoms with van der Waals surface area (Å²) in [5, 5.41) is 0. The van der Waals surface area contributed by atoms with Crippen molar-refractivity contribution in [3.05, 3.63) is 101 Å².